The molecule has 4 rings (SSSR count). The minimum atomic E-state index is -3.80. The Morgan fingerprint density at radius 1 is 1.00 bits per heavy atom. The Morgan fingerprint density at radius 2 is 1.59 bits per heavy atom. The van der Waals surface area contributed by atoms with Crippen LogP contribution in [0, 0.1) is 0 Å². The second-order valence-electron chi connectivity index (χ2n) is 9.22. The first-order valence-corrected chi connectivity index (χ1v) is 17.1. The average molecular weight is 632 g/mol. The number of halogens is 1. The molecule has 0 saturated heterocycles. The average Bonchev–Trinajstić information content (AvgIpc) is 3.30. The number of carbonyl (C=O) groups excluding carboxylic acids is 1. The van der Waals surface area contributed by atoms with Crippen molar-refractivity contribution >= 4 is 60.8 Å². The monoisotopic (exact) mass is 631 g/mol. The van der Waals surface area contributed by atoms with Crippen LogP contribution < -0.4 is 15.2 Å². The third-order valence-corrected chi connectivity index (χ3v) is 8.69. The summed E-state index contributed by atoms with van der Waals surface area (Å²) in [6.45, 7) is 0.190. The van der Waals surface area contributed by atoms with Gasteiger partial charge in [0.1, 0.15) is 21.0 Å². The molecule has 216 valence electrons. The SMILES string of the molecule is CS(=O)Nc1ccc(-c2nc(NC(=O)N(CCC(c3ccccc3)c3ccccc3)CCS(N)(=O)=O)sc2Cl)cc1. The largest absolute Gasteiger partial charge is 0.323 e. The van der Waals surface area contributed by atoms with Crippen LogP contribution in [0.2, 0.25) is 4.34 Å². The molecule has 1 atom stereocenters. The van der Waals surface area contributed by atoms with Crippen molar-refractivity contribution in [3.05, 3.63) is 100 Å². The van der Waals surface area contributed by atoms with Crippen LogP contribution in [0.25, 0.3) is 11.3 Å². The molecule has 0 aliphatic rings. The summed E-state index contributed by atoms with van der Waals surface area (Å²) in [5, 5.41) is 8.31. The topological polar surface area (TPSA) is 134 Å². The molecule has 0 fully saturated rings. The highest BCUT2D eigenvalue weighted by Gasteiger charge is 2.22. The lowest BCUT2D eigenvalue weighted by atomic mass is 9.88. The molecule has 3 aromatic carbocycles. The number of nitrogens with zero attached hydrogens (tertiary/aromatic N) is 2. The molecule has 4 N–H and O–H groups in total. The zero-order valence-electron chi connectivity index (χ0n) is 22.2. The van der Waals surface area contributed by atoms with Crippen molar-refractivity contribution in [3.63, 3.8) is 0 Å². The van der Waals surface area contributed by atoms with Gasteiger partial charge in [-0.1, -0.05) is 95.7 Å². The summed E-state index contributed by atoms with van der Waals surface area (Å²) in [4.78, 5) is 19.3. The molecular formula is C28H30ClN5O4S3. The maximum absolute atomic E-state index is 13.4. The molecule has 9 nitrogen and oxygen atoms in total. The Balaban J connectivity index is 1.52. The standard InChI is InChI=1S/C28H30ClN5O4S3/c1-40(36)33-23-14-12-22(13-15-23)25-26(29)39-27(31-25)32-28(35)34(18-19-41(30,37)38)17-16-24(20-8-4-2-5-9-20)21-10-6-3-7-11-21/h2-15,24,33H,16-19H2,1H3,(H2,30,37,38)(H,31,32,35). The lowest BCUT2D eigenvalue weighted by molar-refractivity contribution is 0.213. The number of thiazole rings is 1. The van der Waals surface area contributed by atoms with Gasteiger partial charge in [-0.15, -0.1) is 0 Å². The molecule has 0 aliphatic carbocycles. The highest BCUT2D eigenvalue weighted by atomic mass is 35.5. The summed E-state index contributed by atoms with van der Waals surface area (Å²) in [6, 6.07) is 26.5. The van der Waals surface area contributed by atoms with Gasteiger partial charge in [0, 0.05) is 36.5 Å². The molecule has 1 unspecified atom stereocenters. The molecule has 0 aliphatic heterocycles. The Bertz CT molecular complexity index is 1540. The van der Waals surface area contributed by atoms with Gasteiger partial charge in [0.25, 0.3) is 0 Å². The molecule has 0 radical (unpaired) electrons. The number of urea groups is 1. The van der Waals surface area contributed by atoms with Crippen molar-refractivity contribution in [1.29, 1.82) is 0 Å². The fraction of sp³-hybridized carbons (Fsp3) is 0.214. The first-order valence-electron chi connectivity index (χ1n) is 12.6. The summed E-state index contributed by atoms with van der Waals surface area (Å²) >= 11 is 7.56. The molecule has 0 saturated carbocycles. The normalized spacial score (nSPS) is 12.2. The second-order valence-corrected chi connectivity index (χ2v) is 13.7. The van der Waals surface area contributed by atoms with E-state index in [4.69, 9.17) is 16.7 Å². The van der Waals surface area contributed by atoms with Gasteiger partial charge in [-0.05, 0) is 29.7 Å². The van der Waals surface area contributed by atoms with Crippen LogP contribution in [0.3, 0.4) is 0 Å². The fourth-order valence-corrected chi connectivity index (χ4v) is 6.32. The number of nitrogens with two attached hydrogens (primary N) is 1. The summed E-state index contributed by atoms with van der Waals surface area (Å²) < 4.78 is 38.1. The number of primary sulfonamides is 1. The van der Waals surface area contributed by atoms with E-state index in [9.17, 15) is 17.4 Å². The maximum Gasteiger partial charge on any atom is 0.323 e. The zero-order valence-corrected chi connectivity index (χ0v) is 25.4. The molecular weight excluding hydrogens is 602 g/mol. The molecule has 2 amide bonds. The van der Waals surface area contributed by atoms with E-state index < -0.39 is 27.0 Å². The third-order valence-electron chi connectivity index (χ3n) is 6.24. The first kappa shape index (κ1) is 30.7. The minimum absolute atomic E-state index is 0.00862. The fourth-order valence-electron chi connectivity index (χ4n) is 4.30. The van der Waals surface area contributed by atoms with Gasteiger partial charge in [0.15, 0.2) is 5.13 Å². The van der Waals surface area contributed by atoms with Crippen LogP contribution in [0.15, 0.2) is 84.9 Å². The predicted molar refractivity (Wildman–Crippen MR) is 168 cm³/mol. The molecule has 4 aromatic rings. The van der Waals surface area contributed by atoms with Crippen LogP contribution in [0.5, 0.6) is 0 Å². The van der Waals surface area contributed by atoms with Gasteiger partial charge in [-0.25, -0.2) is 27.5 Å². The Kier molecular flexibility index (Phi) is 10.5. The molecule has 1 heterocycles. The molecule has 0 spiro atoms. The van der Waals surface area contributed by atoms with Gasteiger partial charge in [0.05, 0.1) is 5.75 Å². The second kappa shape index (κ2) is 14.1. The van der Waals surface area contributed by atoms with Gasteiger partial charge in [-0.2, -0.15) is 0 Å². The molecule has 13 heteroatoms. The highest BCUT2D eigenvalue weighted by Crippen LogP contribution is 2.36. The van der Waals surface area contributed by atoms with Crippen LogP contribution in [-0.2, 0) is 21.0 Å². The number of hydrogen-bond acceptors (Lipinski definition) is 6. The van der Waals surface area contributed by atoms with Crippen molar-refractivity contribution in [2.45, 2.75) is 12.3 Å². The number of sulfonamides is 1. The minimum Gasteiger partial charge on any atom is -0.323 e. The third kappa shape index (κ3) is 9.10. The molecule has 41 heavy (non-hydrogen) atoms. The van der Waals surface area contributed by atoms with Crippen LogP contribution >= 0.6 is 22.9 Å². The number of aromatic nitrogens is 1. The van der Waals surface area contributed by atoms with Crippen LogP contribution in [0.4, 0.5) is 15.6 Å². The summed E-state index contributed by atoms with van der Waals surface area (Å²) in [5.74, 6) is -0.389. The predicted octanol–water partition coefficient (Wildman–Crippen LogP) is 5.51. The highest BCUT2D eigenvalue weighted by molar-refractivity contribution is 7.89. The number of benzene rings is 3. The van der Waals surface area contributed by atoms with Gasteiger partial charge in [-0.3, -0.25) is 5.32 Å². The van der Waals surface area contributed by atoms with E-state index in [-0.39, 0.29) is 29.9 Å². The smallest absolute Gasteiger partial charge is 0.323 e. The van der Waals surface area contributed by atoms with E-state index in [1.807, 2.05) is 60.7 Å². The van der Waals surface area contributed by atoms with E-state index >= 15 is 0 Å². The van der Waals surface area contributed by atoms with E-state index in [1.165, 1.54) is 11.2 Å². The summed E-state index contributed by atoms with van der Waals surface area (Å²) in [5.41, 5.74) is 4.07. The van der Waals surface area contributed by atoms with E-state index in [1.54, 1.807) is 24.3 Å². The van der Waals surface area contributed by atoms with Crippen LogP contribution in [-0.4, -0.2) is 53.6 Å². The van der Waals surface area contributed by atoms with Gasteiger partial charge < -0.3 is 9.62 Å². The number of anilines is 2. The van der Waals surface area contributed by atoms with E-state index in [0.717, 1.165) is 28.0 Å². The van der Waals surface area contributed by atoms with Crippen molar-refractivity contribution in [1.82, 2.24) is 9.88 Å². The molecule has 0 bridgehead atoms. The number of carbonyl (C=O) groups is 1. The van der Waals surface area contributed by atoms with Gasteiger partial charge in [0.2, 0.25) is 10.0 Å². The van der Waals surface area contributed by atoms with Gasteiger partial charge >= 0.3 is 6.03 Å². The van der Waals surface area contributed by atoms with Crippen molar-refractivity contribution in [2.24, 2.45) is 5.14 Å². The van der Waals surface area contributed by atoms with Crippen molar-refractivity contribution in [3.8, 4) is 11.3 Å². The van der Waals surface area contributed by atoms with Crippen molar-refractivity contribution in [2.75, 3.05) is 35.1 Å². The quantitative estimate of drug-likeness (QED) is 0.189. The summed E-state index contributed by atoms with van der Waals surface area (Å²) in [6.07, 6.45) is 2.09. The Morgan fingerprint density at radius 3 is 2.12 bits per heavy atom. The number of nitrogens with one attached hydrogen (secondary N) is 2. The Hall–Kier alpha value is -3.29. The van der Waals surface area contributed by atoms with E-state index in [2.05, 4.69) is 15.0 Å². The number of rotatable bonds is 12. The lowest BCUT2D eigenvalue weighted by Gasteiger charge is -2.25. The summed E-state index contributed by atoms with van der Waals surface area (Å²) in [7, 11) is -5.00. The first-order chi connectivity index (χ1) is 19.6. The Labute approximate surface area is 251 Å². The lowest BCUT2D eigenvalue weighted by Crippen LogP contribution is -2.40. The number of amides is 2. The number of hydrogen-bond donors (Lipinski definition) is 3. The molecule has 1 aromatic heterocycles. The van der Waals surface area contributed by atoms with E-state index in [0.29, 0.717) is 22.1 Å². The maximum atomic E-state index is 13.4. The van der Waals surface area contributed by atoms with Crippen molar-refractivity contribution < 1.29 is 17.4 Å². The van der Waals surface area contributed by atoms with Crippen LogP contribution in [0.1, 0.15) is 23.5 Å². The zero-order chi connectivity index (χ0) is 29.4.